The first-order chi connectivity index (χ1) is 28.4. The summed E-state index contributed by atoms with van der Waals surface area (Å²) in [6.07, 6.45) is 7.69. The molecule has 1 aliphatic carbocycles. The number of piperidine rings is 1. The summed E-state index contributed by atoms with van der Waals surface area (Å²) in [6.45, 7) is 11.2. The molecule has 3 aliphatic rings. The molecule has 4 amide bonds. The zero-order valence-electron chi connectivity index (χ0n) is 34.8. The number of benzene rings is 3. The number of aromatic nitrogens is 1. The zero-order valence-corrected chi connectivity index (χ0v) is 34.8. The summed E-state index contributed by atoms with van der Waals surface area (Å²) >= 11 is 0. The minimum Gasteiger partial charge on any atom is -0.444 e. The summed E-state index contributed by atoms with van der Waals surface area (Å²) in [6, 6.07) is 24.5. The van der Waals surface area contributed by atoms with Gasteiger partial charge in [0, 0.05) is 93.5 Å². The summed E-state index contributed by atoms with van der Waals surface area (Å²) in [7, 11) is 1.76. The number of nitrogens with zero attached hydrogens (tertiary/aromatic N) is 5. The summed E-state index contributed by atoms with van der Waals surface area (Å²) < 4.78 is 5.52. The number of carbonyl (C=O) groups excluding carboxylic acids is 4. The van der Waals surface area contributed by atoms with Crippen molar-refractivity contribution in [3.8, 4) is 11.3 Å². The first kappa shape index (κ1) is 41.4. The lowest BCUT2D eigenvalue weighted by molar-refractivity contribution is 0.0141. The number of amides is 4. The second-order valence-electron chi connectivity index (χ2n) is 16.9. The van der Waals surface area contributed by atoms with Crippen molar-refractivity contribution in [2.45, 2.75) is 70.9 Å². The normalized spacial score (nSPS) is 17.1. The van der Waals surface area contributed by atoms with Gasteiger partial charge in [-0.25, -0.2) is 4.79 Å². The van der Waals surface area contributed by atoms with Crippen LogP contribution in [0.4, 0.5) is 16.2 Å². The fraction of sp³-hybridized carbons (Fsp3) is 0.426. The van der Waals surface area contributed by atoms with Crippen LogP contribution in [0.25, 0.3) is 11.3 Å². The first-order valence-electron chi connectivity index (χ1n) is 21.0. The molecule has 2 aliphatic heterocycles. The maximum atomic E-state index is 13.9. The van der Waals surface area contributed by atoms with Crippen molar-refractivity contribution >= 4 is 35.2 Å². The Balaban J connectivity index is 1.03. The molecule has 59 heavy (non-hydrogen) atoms. The molecule has 2 fully saturated rings. The molecule has 1 aromatic heterocycles. The van der Waals surface area contributed by atoms with Crippen molar-refractivity contribution in [2.75, 3.05) is 69.6 Å². The van der Waals surface area contributed by atoms with Gasteiger partial charge in [0.25, 0.3) is 17.7 Å². The van der Waals surface area contributed by atoms with Crippen LogP contribution in [0, 0.1) is 0 Å². The number of aryl methyl sites for hydroxylation is 1. The summed E-state index contributed by atoms with van der Waals surface area (Å²) in [4.78, 5) is 66.4. The standard InChI is InChI=1S/C47H57N7O5/c1-47(2,3)59-46(58)54-28-26-52(27-29-54)25-24-51(4)45(57)36-15-10-14-34(30-36)43(55)50-41-19-18-37(53-22-8-5-9-23-53)32-39(41)42-31-35(20-21-48-42)44(56)49-40-17-11-13-33-12-6-7-16-38(33)40/h6-7,10,12,14-16,18-21,30-32,40H,5,8-9,11,13,17,22-29H2,1-4H3,(H,49,56)(H,50,55). The van der Waals surface area contributed by atoms with E-state index in [1.54, 1.807) is 59.4 Å². The lowest BCUT2D eigenvalue weighted by atomic mass is 9.87. The molecule has 3 heterocycles. The molecule has 12 nitrogen and oxygen atoms in total. The Labute approximate surface area is 347 Å². The number of hydrogen-bond donors (Lipinski definition) is 2. The number of piperazine rings is 1. The van der Waals surface area contributed by atoms with Gasteiger partial charge in [0.2, 0.25) is 0 Å². The highest BCUT2D eigenvalue weighted by Crippen LogP contribution is 2.34. The molecule has 0 spiro atoms. The summed E-state index contributed by atoms with van der Waals surface area (Å²) in [5.41, 5.74) is 6.05. The maximum absolute atomic E-state index is 13.9. The van der Waals surface area contributed by atoms with Crippen LogP contribution in [0.3, 0.4) is 0 Å². The molecule has 2 N–H and O–H groups in total. The number of hydrogen-bond acceptors (Lipinski definition) is 8. The molecule has 310 valence electrons. The summed E-state index contributed by atoms with van der Waals surface area (Å²) in [5.74, 6) is -0.711. The van der Waals surface area contributed by atoms with Crippen LogP contribution in [0.5, 0.6) is 0 Å². The van der Waals surface area contributed by atoms with E-state index in [2.05, 4.69) is 38.6 Å². The van der Waals surface area contributed by atoms with E-state index in [0.29, 0.717) is 72.9 Å². The topological polar surface area (TPSA) is 127 Å². The monoisotopic (exact) mass is 799 g/mol. The molecule has 2 saturated heterocycles. The van der Waals surface area contributed by atoms with E-state index in [1.807, 2.05) is 45.0 Å². The molecule has 7 rings (SSSR count). The predicted octanol–water partition coefficient (Wildman–Crippen LogP) is 7.42. The van der Waals surface area contributed by atoms with Gasteiger partial charge < -0.3 is 30.1 Å². The second-order valence-corrected chi connectivity index (χ2v) is 16.9. The number of pyridine rings is 1. The Morgan fingerprint density at radius 1 is 0.797 bits per heavy atom. The average Bonchev–Trinajstić information content (AvgIpc) is 3.25. The zero-order chi connectivity index (χ0) is 41.5. The molecule has 12 heteroatoms. The van der Waals surface area contributed by atoms with E-state index in [-0.39, 0.29) is 29.9 Å². The Kier molecular flexibility index (Phi) is 12.9. The van der Waals surface area contributed by atoms with Gasteiger partial charge in [-0.05, 0) is 119 Å². The Hall–Kier alpha value is -5.75. The smallest absolute Gasteiger partial charge is 0.410 e. The van der Waals surface area contributed by atoms with Crippen LogP contribution in [0.1, 0.15) is 101 Å². The molecular weight excluding hydrogens is 743 g/mol. The highest BCUT2D eigenvalue weighted by atomic mass is 16.6. The minimum absolute atomic E-state index is 0.0582. The van der Waals surface area contributed by atoms with E-state index in [9.17, 15) is 19.2 Å². The van der Waals surface area contributed by atoms with Gasteiger partial charge in [-0.15, -0.1) is 0 Å². The number of anilines is 2. The first-order valence-corrected chi connectivity index (χ1v) is 21.0. The number of likely N-dealkylation sites (N-methyl/N-ethyl adjacent to an activating group) is 1. The molecular formula is C47H57N7O5. The van der Waals surface area contributed by atoms with E-state index in [1.165, 1.54) is 17.5 Å². The SMILES string of the molecule is CN(CCN1CCN(C(=O)OC(C)(C)C)CC1)C(=O)c1cccc(C(=O)Nc2ccc(N3CCCCC3)cc2-c2cc(C(=O)NC3CCCc4ccccc43)ccn2)c1. The third kappa shape index (κ3) is 10.5. The van der Waals surface area contributed by atoms with Crippen molar-refractivity contribution in [2.24, 2.45) is 0 Å². The molecule has 4 aromatic rings. The molecule has 0 saturated carbocycles. The van der Waals surface area contributed by atoms with Gasteiger partial charge in [0.1, 0.15) is 5.60 Å². The number of rotatable bonds is 10. The molecule has 1 atom stereocenters. The maximum Gasteiger partial charge on any atom is 0.410 e. The van der Waals surface area contributed by atoms with E-state index in [0.717, 1.165) is 50.9 Å². The van der Waals surface area contributed by atoms with E-state index >= 15 is 0 Å². The number of nitrogens with one attached hydrogen (secondary N) is 2. The van der Waals surface area contributed by atoms with Crippen molar-refractivity contribution in [3.05, 3.63) is 113 Å². The van der Waals surface area contributed by atoms with Crippen molar-refractivity contribution < 1.29 is 23.9 Å². The number of carbonyl (C=O) groups is 4. The highest BCUT2D eigenvalue weighted by Gasteiger charge is 2.27. The Bertz CT molecular complexity index is 2150. The lowest BCUT2D eigenvalue weighted by Gasteiger charge is -2.36. The van der Waals surface area contributed by atoms with Crippen LogP contribution in [-0.4, -0.2) is 109 Å². The fourth-order valence-electron chi connectivity index (χ4n) is 8.15. The van der Waals surface area contributed by atoms with Gasteiger partial charge in [0.05, 0.1) is 17.4 Å². The van der Waals surface area contributed by atoms with Gasteiger partial charge in [-0.2, -0.15) is 0 Å². The van der Waals surface area contributed by atoms with E-state index < -0.39 is 5.60 Å². The number of ether oxygens (including phenoxy) is 1. The fourth-order valence-corrected chi connectivity index (χ4v) is 8.15. The van der Waals surface area contributed by atoms with Crippen LogP contribution in [-0.2, 0) is 11.2 Å². The summed E-state index contributed by atoms with van der Waals surface area (Å²) in [5, 5.41) is 6.37. The Morgan fingerprint density at radius 2 is 1.54 bits per heavy atom. The third-order valence-electron chi connectivity index (χ3n) is 11.4. The van der Waals surface area contributed by atoms with Gasteiger partial charge >= 0.3 is 6.09 Å². The van der Waals surface area contributed by atoms with Gasteiger partial charge in [-0.3, -0.25) is 24.3 Å². The highest BCUT2D eigenvalue weighted by molar-refractivity contribution is 6.08. The van der Waals surface area contributed by atoms with Crippen molar-refractivity contribution in [3.63, 3.8) is 0 Å². The van der Waals surface area contributed by atoms with Crippen LogP contribution in [0.2, 0.25) is 0 Å². The molecule has 0 bridgehead atoms. The van der Waals surface area contributed by atoms with Gasteiger partial charge in [-0.1, -0.05) is 30.3 Å². The third-order valence-corrected chi connectivity index (χ3v) is 11.4. The predicted molar refractivity (Wildman–Crippen MR) is 231 cm³/mol. The van der Waals surface area contributed by atoms with Crippen LogP contribution < -0.4 is 15.5 Å². The molecule has 1 unspecified atom stereocenters. The van der Waals surface area contributed by atoms with Gasteiger partial charge in [0.15, 0.2) is 0 Å². The van der Waals surface area contributed by atoms with Crippen molar-refractivity contribution in [1.29, 1.82) is 0 Å². The van der Waals surface area contributed by atoms with Crippen LogP contribution >= 0.6 is 0 Å². The minimum atomic E-state index is -0.538. The van der Waals surface area contributed by atoms with Crippen LogP contribution in [0.15, 0.2) is 85.1 Å². The van der Waals surface area contributed by atoms with E-state index in [4.69, 9.17) is 9.72 Å². The average molecular weight is 800 g/mol. The lowest BCUT2D eigenvalue weighted by Crippen LogP contribution is -2.51. The quantitative estimate of drug-likeness (QED) is 0.170. The molecule has 3 aromatic carbocycles. The largest absolute Gasteiger partial charge is 0.444 e. The Morgan fingerprint density at radius 3 is 2.32 bits per heavy atom. The number of fused-ring (bicyclic) bond motifs is 1. The molecule has 0 radical (unpaired) electrons. The second kappa shape index (κ2) is 18.4. The van der Waals surface area contributed by atoms with Crippen molar-refractivity contribution in [1.82, 2.24) is 25.0 Å².